The average molecular weight is 225 g/mol. The molecule has 1 saturated heterocycles. The Morgan fingerprint density at radius 2 is 2.25 bits per heavy atom. The molecule has 0 spiro atoms. The molecule has 0 radical (unpaired) electrons. The largest absolute Gasteiger partial charge is 0.353 e. The van der Waals surface area contributed by atoms with Crippen LogP contribution in [0.5, 0.6) is 0 Å². The van der Waals surface area contributed by atoms with Crippen molar-refractivity contribution in [3.05, 3.63) is 0 Å². The van der Waals surface area contributed by atoms with Crippen LogP contribution in [0.1, 0.15) is 39.0 Å². The first-order chi connectivity index (χ1) is 7.65. The van der Waals surface area contributed by atoms with Crippen molar-refractivity contribution in [3.63, 3.8) is 0 Å². The molecule has 92 valence electrons. The zero-order chi connectivity index (χ0) is 11.6. The average Bonchev–Trinajstić information content (AvgIpc) is 3.06. The first-order valence-electron chi connectivity index (χ1n) is 6.47. The van der Waals surface area contributed by atoms with E-state index in [0.717, 1.165) is 25.9 Å². The van der Waals surface area contributed by atoms with E-state index in [9.17, 15) is 4.79 Å². The fraction of sp³-hybridized carbons (Fsp3) is 0.917. The summed E-state index contributed by atoms with van der Waals surface area (Å²) in [6.07, 6.45) is 5.47. The molecular weight excluding hydrogens is 202 g/mol. The molecule has 0 aromatic heterocycles. The molecule has 4 heteroatoms. The number of carbonyl (C=O) groups is 1. The van der Waals surface area contributed by atoms with Gasteiger partial charge in [0.25, 0.3) is 0 Å². The molecule has 1 atom stereocenters. The van der Waals surface area contributed by atoms with Crippen LogP contribution in [0.15, 0.2) is 0 Å². The summed E-state index contributed by atoms with van der Waals surface area (Å²) in [5.41, 5.74) is 5.33. The lowest BCUT2D eigenvalue weighted by molar-refractivity contribution is -0.123. The second-order valence-electron chi connectivity index (χ2n) is 5.14. The van der Waals surface area contributed by atoms with Gasteiger partial charge in [0.05, 0.1) is 5.54 Å². The van der Waals surface area contributed by atoms with E-state index < -0.39 is 5.54 Å². The number of nitrogens with one attached hydrogen (secondary N) is 1. The standard InChI is InChI=1S/C12H23N3O/c1-2-15-8-4-3-5-10(15)9-14-11(16)12(13)6-7-12/h10H,2-9,13H2,1H3,(H,14,16). The van der Waals surface area contributed by atoms with Crippen LogP contribution >= 0.6 is 0 Å². The van der Waals surface area contributed by atoms with Crippen LogP contribution in [0.2, 0.25) is 0 Å². The summed E-state index contributed by atoms with van der Waals surface area (Å²) < 4.78 is 0. The minimum absolute atomic E-state index is 0.0501. The van der Waals surface area contributed by atoms with Gasteiger partial charge >= 0.3 is 0 Å². The van der Waals surface area contributed by atoms with Gasteiger partial charge in [0.15, 0.2) is 0 Å². The minimum Gasteiger partial charge on any atom is -0.353 e. The molecule has 1 aliphatic carbocycles. The van der Waals surface area contributed by atoms with Crippen molar-refractivity contribution in [1.82, 2.24) is 10.2 Å². The molecule has 0 aromatic rings. The Labute approximate surface area is 97.6 Å². The van der Waals surface area contributed by atoms with E-state index in [-0.39, 0.29) is 5.91 Å². The van der Waals surface area contributed by atoms with Crippen molar-refractivity contribution in [2.45, 2.75) is 50.6 Å². The predicted molar refractivity (Wildman–Crippen MR) is 64.0 cm³/mol. The van der Waals surface area contributed by atoms with E-state index in [0.29, 0.717) is 6.04 Å². The second kappa shape index (κ2) is 4.72. The summed E-state index contributed by atoms with van der Waals surface area (Å²) in [5.74, 6) is 0.0501. The van der Waals surface area contributed by atoms with Gasteiger partial charge in [-0.05, 0) is 38.8 Å². The Morgan fingerprint density at radius 3 is 2.88 bits per heavy atom. The van der Waals surface area contributed by atoms with E-state index >= 15 is 0 Å². The number of hydrogen-bond acceptors (Lipinski definition) is 3. The van der Waals surface area contributed by atoms with Gasteiger partial charge in [0.1, 0.15) is 0 Å². The fourth-order valence-corrected chi connectivity index (χ4v) is 2.46. The molecule has 1 heterocycles. The first kappa shape index (κ1) is 11.9. The normalized spacial score (nSPS) is 28.8. The summed E-state index contributed by atoms with van der Waals surface area (Å²) in [4.78, 5) is 14.2. The lowest BCUT2D eigenvalue weighted by atomic mass is 10.0. The maximum Gasteiger partial charge on any atom is 0.240 e. The Balaban J connectivity index is 1.77. The molecule has 16 heavy (non-hydrogen) atoms. The summed E-state index contributed by atoms with van der Waals surface area (Å²) in [7, 11) is 0. The van der Waals surface area contributed by atoms with Crippen molar-refractivity contribution >= 4 is 5.91 Å². The smallest absolute Gasteiger partial charge is 0.240 e. The number of likely N-dealkylation sites (N-methyl/N-ethyl adjacent to an activating group) is 1. The van der Waals surface area contributed by atoms with Gasteiger partial charge < -0.3 is 11.1 Å². The van der Waals surface area contributed by atoms with Crippen molar-refractivity contribution in [1.29, 1.82) is 0 Å². The molecule has 0 bridgehead atoms. The van der Waals surface area contributed by atoms with Gasteiger partial charge in [-0.25, -0.2) is 0 Å². The quantitative estimate of drug-likeness (QED) is 0.731. The van der Waals surface area contributed by atoms with Gasteiger partial charge in [0.2, 0.25) is 5.91 Å². The van der Waals surface area contributed by atoms with Crippen LogP contribution < -0.4 is 11.1 Å². The third kappa shape index (κ3) is 2.55. The van der Waals surface area contributed by atoms with Crippen molar-refractivity contribution in [2.24, 2.45) is 5.73 Å². The van der Waals surface area contributed by atoms with Crippen molar-refractivity contribution < 1.29 is 4.79 Å². The Hall–Kier alpha value is -0.610. The van der Waals surface area contributed by atoms with Crippen molar-refractivity contribution in [3.8, 4) is 0 Å². The van der Waals surface area contributed by atoms with Crippen LogP contribution in [-0.4, -0.2) is 42.0 Å². The lowest BCUT2D eigenvalue weighted by Crippen LogP contribution is -2.50. The molecule has 1 amide bonds. The van der Waals surface area contributed by atoms with Crippen molar-refractivity contribution in [2.75, 3.05) is 19.6 Å². The number of carbonyl (C=O) groups excluding carboxylic acids is 1. The van der Waals surface area contributed by atoms with E-state index in [1.54, 1.807) is 0 Å². The Bertz CT molecular complexity index is 263. The van der Waals surface area contributed by atoms with Gasteiger partial charge in [-0.15, -0.1) is 0 Å². The molecule has 4 nitrogen and oxygen atoms in total. The third-order valence-corrected chi connectivity index (χ3v) is 3.89. The molecule has 0 aromatic carbocycles. The summed E-state index contributed by atoms with van der Waals surface area (Å²) in [5, 5.41) is 3.01. The number of hydrogen-bond donors (Lipinski definition) is 2. The minimum atomic E-state index is -0.522. The summed E-state index contributed by atoms with van der Waals surface area (Å²) in [6, 6.07) is 0.519. The van der Waals surface area contributed by atoms with E-state index in [2.05, 4.69) is 17.1 Å². The number of piperidine rings is 1. The summed E-state index contributed by atoms with van der Waals surface area (Å²) in [6.45, 7) is 5.20. The van der Waals surface area contributed by atoms with Crippen LogP contribution in [0, 0.1) is 0 Å². The maximum atomic E-state index is 11.7. The highest BCUT2D eigenvalue weighted by molar-refractivity contribution is 5.88. The highest BCUT2D eigenvalue weighted by Gasteiger charge is 2.45. The molecule has 1 saturated carbocycles. The molecule has 1 unspecified atom stereocenters. The van der Waals surface area contributed by atoms with Crippen LogP contribution in [0.25, 0.3) is 0 Å². The van der Waals surface area contributed by atoms with E-state index in [1.807, 2.05) is 0 Å². The highest BCUT2D eigenvalue weighted by Crippen LogP contribution is 2.32. The zero-order valence-electron chi connectivity index (χ0n) is 10.2. The molecule has 2 aliphatic rings. The SMILES string of the molecule is CCN1CCCCC1CNC(=O)C1(N)CC1. The topological polar surface area (TPSA) is 58.4 Å². The molecule has 1 aliphatic heterocycles. The molecule has 3 N–H and O–H groups in total. The lowest BCUT2D eigenvalue weighted by Gasteiger charge is -2.35. The van der Waals surface area contributed by atoms with E-state index in [4.69, 9.17) is 5.73 Å². The first-order valence-corrected chi connectivity index (χ1v) is 6.47. The fourth-order valence-electron chi connectivity index (χ4n) is 2.46. The second-order valence-corrected chi connectivity index (χ2v) is 5.14. The maximum absolute atomic E-state index is 11.7. The third-order valence-electron chi connectivity index (χ3n) is 3.89. The van der Waals surface area contributed by atoms with E-state index in [1.165, 1.54) is 25.8 Å². The number of amides is 1. The predicted octanol–water partition coefficient (Wildman–Crippen LogP) is 0.468. The number of nitrogens with zero attached hydrogens (tertiary/aromatic N) is 1. The zero-order valence-corrected chi connectivity index (χ0v) is 10.2. The summed E-state index contributed by atoms with van der Waals surface area (Å²) >= 11 is 0. The monoisotopic (exact) mass is 225 g/mol. The Kier molecular flexibility index (Phi) is 3.50. The highest BCUT2D eigenvalue weighted by atomic mass is 16.2. The number of rotatable bonds is 4. The Morgan fingerprint density at radius 1 is 1.50 bits per heavy atom. The molecule has 2 rings (SSSR count). The van der Waals surface area contributed by atoms with Crippen LogP contribution in [0.3, 0.4) is 0 Å². The van der Waals surface area contributed by atoms with Gasteiger partial charge in [0, 0.05) is 12.6 Å². The van der Waals surface area contributed by atoms with Gasteiger partial charge in [-0.1, -0.05) is 13.3 Å². The number of nitrogens with two attached hydrogens (primary N) is 1. The number of likely N-dealkylation sites (tertiary alicyclic amines) is 1. The van der Waals surface area contributed by atoms with Gasteiger partial charge in [-0.3, -0.25) is 9.69 Å². The molecule has 2 fully saturated rings. The van der Waals surface area contributed by atoms with Gasteiger partial charge in [-0.2, -0.15) is 0 Å². The molecular formula is C12H23N3O. The van der Waals surface area contributed by atoms with Crippen LogP contribution in [0.4, 0.5) is 0 Å². The van der Waals surface area contributed by atoms with Crippen LogP contribution in [-0.2, 0) is 4.79 Å².